The van der Waals surface area contributed by atoms with Crippen molar-refractivity contribution < 1.29 is 9.47 Å². The number of anilines is 1. The molecule has 4 rings (SSSR count). The Morgan fingerprint density at radius 2 is 2.14 bits per heavy atom. The Morgan fingerprint density at radius 3 is 2.86 bits per heavy atom. The van der Waals surface area contributed by atoms with Gasteiger partial charge in [0.2, 0.25) is 5.79 Å². The van der Waals surface area contributed by atoms with Gasteiger partial charge in [0.05, 0.1) is 30.6 Å². The van der Waals surface area contributed by atoms with Crippen LogP contribution in [0, 0.1) is 6.92 Å². The Labute approximate surface area is 184 Å². The fraction of sp³-hybridized carbons (Fsp3) is 0.286. The third-order valence-electron chi connectivity index (χ3n) is 4.83. The first-order chi connectivity index (χ1) is 13.9. The highest BCUT2D eigenvalue weighted by Gasteiger charge is 2.45. The molecule has 3 aromatic rings. The van der Waals surface area contributed by atoms with Crippen LogP contribution in [0.5, 0.6) is 0 Å². The number of aromatic nitrogens is 2. The fourth-order valence-corrected chi connectivity index (χ4v) is 4.82. The molecular formula is C21H21Cl2N3O2S. The minimum atomic E-state index is -0.995. The quantitative estimate of drug-likeness (QED) is 0.416. The van der Waals surface area contributed by atoms with E-state index in [4.69, 9.17) is 38.4 Å². The van der Waals surface area contributed by atoms with Crippen LogP contribution in [0.3, 0.4) is 0 Å². The van der Waals surface area contributed by atoms with Crippen molar-refractivity contribution in [2.75, 3.05) is 18.1 Å². The number of nitrogens with two attached hydrogens (primary N) is 1. The van der Waals surface area contributed by atoms with Crippen LogP contribution < -0.4 is 5.73 Å². The molecule has 0 aliphatic carbocycles. The lowest BCUT2D eigenvalue weighted by molar-refractivity contribution is -0.184. The van der Waals surface area contributed by atoms with Gasteiger partial charge in [0.25, 0.3) is 0 Å². The smallest absolute Gasteiger partial charge is 0.215 e. The van der Waals surface area contributed by atoms with E-state index < -0.39 is 5.79 Å². The fourth-order valence-electron chi connectivity index (χ4n) is 3.30. The number of nitrogens with zero attached hydrogens (tertiary/aromatic N) is 2. The van der Waals surface area contributed by atoms with Crippen LogP contribution in [0.4, 0.5) is 5.69 Å². The van der Waals surface area contributed by atoms with E-state index in [1.807, 2.05) is 35.9 Å². The van der Waals surface area contributed by atoms with Crippen LogP contribution >= 0.6 is 35.0 Å². The molecule has 0 bridgehead atoms. The van der Waals surface area contributed by atoms with Crippen LogP contribution in [0.1, 0.15) is 11.1 Å². The summed E-state index contributed by atoms with van der Waals surface area (Å²) in [4.78, 5) is 5.27. The predicted molar refractivity (Wildman–Crippen MR) is 118 cm³/mol. The van der Waals surface area contributed by atoms with Crippen molar-refractivity contribution in [3.8, 4) is 0 Å². The normalized spacial score (nSPS) is 21.6. The Balaban J connectivity index is 1.54. The third-order valence-corrected chi connectivity index (χ3v) is 6.50. The molecule has 1 aliphatic heterocycles. The van der Waals surface area contributed by atoms with E-state index in [9.17, 15) is 0 Å². The van der Waals surface area contributed by atoms with E-state index in [1.165, 1.54) is 0 Å². The van der Waals surface area contributed by atoms with Crippen molar-refractivity contribution in [3.63, 3.8) is 0 Å². The molecule has 2 aromatic carbocycles. The number of hydrogen-bond donors (Lipinski definition) is 1. The minimum absolute atomic E-state index is 0.0897. The maximum Gasteiger partial charge on any atom is 0.215 e. The van der Waals surface area contributed by atoms with Crippen molar-refractivity contribution in [2.24, 2.45) is 0 Å². The second-order valence-corrected chi connectivity index (χ2v) is 8.93. The molecule has 1 saturated heterocycles. The maximum atomic E-state index is 6.51. The zero-order valence-electron chi connectivity index (χ0n) is 15.8. The molecule has 0 saturated carbocycles. The number of thioether (sulfide) groups is 1. The van der Waals surface area contributed by atoms with Crippen molar-refractivity contribution in [2.45, 2.75) is 30.3 Å². The van der Waals surface area contributed by atoms with Crippen LogP contribution in [-0.4, -0.2) is 28.0 Å². The van der Waals surface area contributed by atoms with Crippen molar-refractivity contribution in [1.29, 1.82) is 0 Å². The molecule has 8 heteroatoms. The Morgan fingerprint density at radius 1 is 1.28 bits per heavy atom. The summed E-state index contributed by atoms with van der Waals surface area (Å²) in [6.07, 6.45) is 5.24. The average molecular weight is 450 g/mol. The summed E-state index contributed by atoms with van der Waals surface area (Å²) in [5, 5.41) is 1.08. The van der Waals surface area contributed by atoms with Crippen LogP contribution in [0.15, 0.2) is 60.0 Å². The van der Waals surface area contributed by atoms with Gasteiger partial charge in [-0.3, -0.25) is 0 Å². The molecule has 2 N–H and O–H groups in total. The summed E-state index contributed by atoms with van der Waals surface area (Å²) in [7, 11) is 0. The molecule has 5 nitrogen and oxygen atoms in total. The Bertz CT molecular complexity index is 1000. The van der Waals surface area contributed by atoms with E-state index in [2.05, 4.69) is 11.1 Å². The summed E-state index contributed by atoms with van der Waals surface area (Å²) >= 11 is 14.3. The van der Waals surface area contributed by atoms with Crippen molar-refractivity contribution >= 4 is 40.7 Å². The van der Waals surface area contributed by atoms with Gasteiger partial charge in [-0.05, 0) is 42.8 Å². The highest BCUT2D eigenvalue weighted by atomic mass is 35.5. The number of aryl methyl sites for hydroxylation is 1. The van der Waals surface area contributed by atoms with Crippen LogP contribution in [-0.2, 0) is 21.8 Å². The monoisotopic (exact) mass is 449 g/mol. The Hall–Kier alpha value is -1.70. The first-order valence-electron chi connectivity index (χ1n) is 9.17. The molecule has 0 unspecified atom stereocenters. The largest absolute Gasteiger partial charge is 0.399 e. The van der Waals surface area contributed by atoms with Crippen LogP contribution in [0.2, 0.25) is 10.0 Å². The second kappa shape index (κ2) is 8.58. The number of halogens is 2. The van der Waals surface area contributed by atoms with Gasteiger partial charge in [-0.1, -0.05) is 29.3 Å². The van der Waals surface area contributed by atoms with Gasteiger partial charge in [-0.2, -0.15) is 0 Å². The van der Waals surface area contributed by atoms with Gasteiger partial charge in [-0.15, -0.1) is 11.8 Å². The second-order valence-electron chi connectivity index (χ2n) is 6.99. The summed E-state index contributed by atoms with van der Waals surface area (Å²) in [5.41, 5.74) is 8.54. The van der Waals surface area contributed by atoms with E-state index in [-0.39, 0.29) is 6.10 Å². The molecule has 0 amide bonds. The zero-order valence-corrected chi connectivity index (χ0v) is 18.2. The summed E-state index contributed by atoms with van der Waals surface area (Å²) in [5.74, 6) is -0.245. The van der Waals surface area contributed by atoms with Gasteiger partial charge in [0.1, 0.15) is 0 Å². The standard InChI is InChI=1S/C21H21Cl2N3O2S/c1-14-8-17(3-5-20(14)24)29-11-16-10-27-21(28-16,12-26-7-6-25-13-26)18-4-2-15(22)9-19(18)23/h2-9,13,16H,10-12,24H2,1H3/t16-,21+/m0/s1. The first kappa shape index (κ1) is 20.6. The summed E-state index contributed by atoms with van der Waals surface area (Å²) < 4.78 is 14.6. The van der Waals surface area contributed by atoms with E-state index in [0.717, 1.165) is 27.5 Å². The Kier molecular flexibility index (Phi) is 6.08. The van der Waals surface area contributed by atoms with Gasteiger partial charge in [-0.25, -0.2) is 4.98 Å². The average Bonchev–Trinajstić information content (AvgIpc) is 3.33. The lowest BCUT2D eigenvalue weighted by atomic mass is 10.1. The molecule has 2 heterocycles. The topological polar surface area (TPSA) is 62.3 Å². The molecule has 0 spiro atoms. The molecule has 2 atom stereocenters. The number of benzene rings is 2. The SMILES string of the molecule is Cc1cc(SC[C@@H]2CO[C@@](Cn3ccnc3)(c3ccc(Cl)cc3Cl)O2)ccc1N. The third kappa shape index (κ3) is 4.57. The lowest BCUT2D eigenvalue weighted by Crippen LogP contribution is -2.34. The van der Waals surface area contributed by atoms with Crippen molar-refractivity contribution in [1.82, 2.24) is 9.55 Å². The molecular weight excluding hydrogens is 429 g/mol. The molecule has 1 fully saturated rings. The summed E-state index contributed by atoms with van der Waals surface area (Å²) in [6, 6.07) is 11.4. The number of rotatable bonds is 6. The van der Waals surface area contributed by atoms with Gasteiger partial charge >= 0.3 is 0 Å². The van der Waals surface area contributed by atoms with Crippen LogP contribution in [0.25, 0.3) is 0 Å². The van der Waals surface area contributed by atoms with Crippen molar-refractivity contribution in [3.05, 3.63) is 76.3 Å². The van der Waals surface area contributed by atoms with E-state index >= 15 is 0 Å². The molecule has 1 aromatic heterocycles. The van der Waals surface area contributed by atoms with E-state index in [1.54, 1.807) is 36.4 Å². The van der Waals surface area contributed by atoms with Gasteiger partial charge < -0.3 is 19.8 Å². The highest BCUT2D eigenvalue weighted by molar-refractivity contribution is 7.99. The zero-order chi connectivity index (χ0) is 20.4. The number of ether oxygens (including phenoxy) is 2. The molecule has 29 heavy (non-hydrogen) atoms. The predicted octanol–water partition coefficient (Wildman–Crippen LogP) is 5.14. The first-order valence-corrected chi connectivity index (χ1v) is 10.9. The number of hydrogen-bond acceptors (Lipinski definition) is 5. The minimum Gasteiger partial charge on any atom is -0.399 e. The van der Waals surface area contributed by atoms with E-state index in [0.29, 0.717) is 23.2 Å². The maximum absolute atomic E-state index is 6.51. The molecule has 152 valence electrons. The highest BCUT2D eigenvalue weighted by Crippen LogP contribution is 2.41. The molecule has 1 aliphatic rings. The van der Waals surface area contributed by atoms with Gasteiger partial charge in [0, 0.05) is 39.3 Å². The summed E-state index contributed by atoms with van der Waals surface area (Å²) in [6.45, 7) is 2.92. The number of imidazole rings is 1. The molecule has 0 radical (unpaired) electrons. The van der Waals surface area contributed by atoms with Gasteiger partial charge in [0.15, 0.2) is 0 Å². The number of nitrogen functional groups attached to an aromatic ring is 1. The lowest BCUT2D eigenvalue weighted by Gasteiger charge is -2.30.